The molecule has 8 heteroatoms. The van der Waals surface area contributed by atoms with Gasteiger partial charge in [0.2, 0.25) is 0 Å². The summed E-state index contributed by atoms with van der Waals surface area (Å²) < 4.78 is 29.0. The van der Waals surface area contributed by atoms with E-state index in [0.29, 0.717) is 5.56 Å². The van der Waals surface area contributed by atoms with Crippen molar-refractivity contribution in [3.63, 3.8) is 0 Å². The minimum atomic E-state index is -1.15. The third-order valence-electron chi connectivity index (χ3n) is 3.72. The Bertz CT molecular complexity index is 883. The van der Waals surface area contributed by atoms with E-state index in [4.69, 9.17) is 14.2 Å². The number of halogens is 1. The summed E-state index contributed by atoms with van der Waals surface area (Å²) in [7, 11) is 1.40. The van der Waals surface area contributed by atoms with Gasteiger partial charge in [0.05, 0.1) is 12.8 Å². The summed E-state index contributed by atoms with van der Waals surface area (Å²) in [5, 5.41) is 2.34. The van der Waals surface area contributed by atoms with E-state index in [9.17, 15) is 18.8 Å². The lowest BCUT2D eigenvalue weighted by Crippen LogP contribution is -2.32. The number of benzene rings is 2. The molecule has 7 nitrogen and oxygen atoms in total. The zero-order valence-corrected chi connectivity index (χ0v) is 15.7. The van der Waals surface area contributed by atoms with Crippen molar-refractivity contribution in [3.8, 4) is 11.5 Å². The summed E-state index contributed by atoms with van der Waals surface area (Å²) in [6.07, 6.45) is -1.15. The highest BCUT2D eigenvalue weighted by molar-refractivity contribution is 5.95. The van der Waals surface area contributed by atoms with E-state index in [-0.39, 0.29) is 23.0 Å². The van der Waals surface area contributed by atoms with Gasteiger partial charge in [0.25, 0.3) is 5.91 Å². The van der Waals surface area contributed by atoms with Crippen molar-refractivity contribution in [1.29, 1.82) is 0 Å². The van der Waals surface area contributed by atoms with Crippen LogP contribution in [0.1, 0.15) is 24.2 Å². The summed E-state index contributed by atoms with van der Waals surface area (Å²) in [5.41, 5.74) is 0.423. The number of esters is 1. The highest BCUT2D eigenvalue weighted by Crippen LogP contribution is 2.28. The lowest BCUT2D eigenvalue weighted by Gasteiger charge is -2.15. The van der Waals surface area contributed by atoms with Gasteiger partial charge in [-0.3, -0.25) is 9.59 Å². The van der Waals surface area contributed by atoms with Crippen LogP contribution in [0, 0.1) is 5.82 Å². The van der Waals surface area contributed by atoms with Crippen LogP contribution in [0.4, 0.5) is 10.1 Å². The summed E-state index contributed by atoms with van der Waals surface area (Å²) in [6, 6.07) is 10.2. The standard InChI is InChI=1S/C20H20FNO6/c1-12(23)14-8-9-17(18(10-14)26-3)27-11-19(24)28-13(2)20(25)22-16-7-5-4-6-15(16)21/h4-10,13H,11H2,1-3H3,(H,22,25)/t13-/m0/s1. The highest BCUT2D eigenvalue weighted by Gasteiger charge is 2.20. The van der Waals surface area contributed by atoms with Crippen LogP contribution in [-0.4, -0.2) is 37.5 Å². The molecule has 1 amide bonds. The summed E-state index contributed by atoms with van der Waals surface area (Å²) in [5.74, 6) is -1.69. The lowest BCUT2D eigenvalue weighted by atomic mass is 10.1. The lowest BCUT2D eigenvalue weighted by molar-refractivity contribution is -0.155. The molecule has 28 heavy (non-hydrogen) atoms. The molecule has 0 aliphatic rings. The van der Waals surface area contributed by atoms with Gasteiger partial charge in [-0.1, -0.05) is 12.1 Å². The van der Waals surface area contributed by atoms with Crippen LogP contribution in [0.5, 0.6) is 11.5 Å². The van der Waals surface area contributed by atoms with Crippen molar-refractivity contribution in [2.24, 2.45) is 0 Å². The molecular formula is C20H20FNO6. The smallest absolute Gasteiger partial charge is 0.344 e. The monoisotopic (exact) mass is 389 g/mol. The van der Waals surface area contributed by atoms with E-state index in [1.165, 1.54) is 57.4 Å². The average molecular weight is 389 g/mol. The SMILES string of the molecule is COc1cc(C(C)=O)ccc1OCC(=O)O[C@@H](C)C(=O)Nc1ccccc1F. The number of methoxy groups -OCH3 is 1. The highest BCUT2D eigenvalue weighted by atomic mass is 19.1. The van der Waals surface area contributed by atoms with Crippen molar-refractivity contribution in [3.05, 3.63) is 53.8 Å². The van der Waals surface area contributed by atoms with Gasteiger partial charge in [-0.15, -0.1) is 0 Å². The number of ketones is 1. The Morgan fingerprint density at radius 2 is 1.82 bits per heavy atom. The predicted molar refractivity (Wildman–Crippen MR) is 99.1 cm³/mol. The summed E-state index contributed by atoms with van der Waals surface area (Å²) >= 11 is 0. The molecule has 2 aromatic rings. The predicted octanol–water partition coefficient (Wildman–Crippen LogP) is 2.99. The Balaban J connectivity index is 1.90. The van der Waals surface area contributed by atoms with E-state index in [1.54, 1.807) is 6.07 Å². The number of Topliss-reactive ketones (excluding diaryl/α,β-unsaturated/α-hetero) is 1. The van der Waals surface area contributed by atoms with Gasteiger partial charge in [-0.05, 0) is 44.2 Å². The Morgan fingerprint density at radius 1 is 1.11 bits per heavy atom. The van der Waals surface area contributed by atoms with E-state index in [2.05, 4.69) is 5.32 Å². The Morgan fingerprint density at radius 3 is 2.46 bits per heavy atom. The first kappa shape index (κ1) is 20.9. The number of hydrogen-bond acceptors (Lipinski definition) is 6. The Kier molecular flexibility index (Phi) is 7.08. The third-order valence-corrected chi connectivity index (χ3v) is 3.72. The minimum absolute atomic E-state index is 0.0121. The molecule has 0 unspecified atom stereocenters. The molecule has 1 atom stereocenters. The van der Waals surface area contributed by atoms with E-state index >= 15 is 0 Å². The molecule has 1 N–H and O–H groups in total. The van der Waals surface area contributed by atoms with E-state index < -0.39 is 30.4 Å². The maximum absolute atomic E-state index is 13.6. The number of anilines is 1. The largest absolute Gasteiger partial charge is 0.493 e. The molecular weight excluding hydrogens is 369 g/mol. The second kappa shape index (κ2) is 9.50. The molecule has 2 rings (SSSR count). The Hall–Kier alpha value is -3.42. The van der Waals surface area contributed by atoms with Crippen LogP contribution in [0.25, 0.3) is 0 Å². The molecule has 0 spiro atoms. The molecule has 2 aromatic carbocycles. The number of nitrogens with one attached hydrogen (secondary N) is 1. The fourth-order valence-corrected chi connectivity index (χ4v) is 2.22. The van der Waals surface area contributed by atoms with E-state index in [1.807, 2.05) is 0 Å². The van der Waals surface area contributed by atoms with Gasteiger partial charge in [-0.2, -0.15) is 0 Å². The summed E-state index contributed by atoms with van der Waals surface area (Å²) in [6.45, 7) is 2.30. The molecule has 0 fully saturated rings. The van der Waals surface area contributed by atoms with Gasteiger partial charge < -0.3 is 19.5 Å². The number of carbonyl (C=O) groups excluding carboxylic acids is 3. The normalized spacial score (nSPS) is 11.3. The molecule has 0 saturated carbocycles. The second-order valence-corrected chi connectivity index (χ2v) is 5.81. The van der Waals surface area contributed by atoms with Crippen LogP contribution in [-0.2, 0) is 14.3 Å². The molecule has 0 aromatic heterocycles. The zero-order valence-electron chi connectivity index (χ0n) is 15.7. The van der Waals surface area contributed by atoms with Crippen molar-refractivity contribution in [2.45, 2.75) is 20.0 Å². The molecule has 0 bridgehead atoms. The Labute approximate surface area is 161 Å². The fraction of sp³-hybridized carbons (Fsp3) is 0.250. The molecule has 0 aliphatic heterocycles. The molecule has 0 radical (unpaired) electrons. The van der Waals surface area contributed by atoms with Crippen LogP contribution >= 0.6 is 0 Å². The number of para-hydroxylation sites is 1. The first-order chi connectivity index (χ1) is 13.3. The zero-order chi connectivity index (χ0) is 20.7. The molecule has 0 heterocycles. The van der Waals surface area contributed by atoms with Gasteiger partial charge in [-0.25, -0.2) is 9.18 Å². The first-order valence-electron chi connectivity index (χ1n) is 8.38. The van der Waals surface area contributed by atoms with Crippen molar-refractivity contribution < 1.29 is 33.0 Å². The second-order valence-electron chi connectivity index (χ2n) is 5.81. The first-order valence-corrected chi connectivity index (χ1v) is 8.38. The van der Waals surface area contributed by atoms with Crippen LogP contribution in [0.2, 0.25) is 0 Å². The van der Waals surface area contributed by atoms with Gasteiger partial charge >= 0.3 is 5.97 Å². The average Bonchev–Trinajstić information content (AvgIpc) is 2.67. The maximum atomic E-state index is 13.6. The number of rotatable bonds is 8. The topological polar surface area (TPSA) is 90.9 Å². The number of carbonyl (C=O) groups is 3. The molecule has 148 valence electrons. The van der Waals surface area contributed by atoms with Crippen molar-refractivity contribution in [2.75, 3.05) is 19.0 Å². The van der Waals surface area contributed by atoms with Crippen LogP contribution in [0.15, 0.2) is 42.5 Å². The van der Waals surface area contributed by atoms with Crippen LogP contribution < -0.4 is 14.8 Å². The minimum Gasteiger partial charge on any atom is -0.493 e. The molecule has 0 aliphatic carbocycles. The molecule has 0 saturated heterocycles. The van der Waals surface area contributed by atoms with Gasteiger partial charge in [0.15, 0.2) is 30.0 Å². The fourth-order valence-electron chi connectivity index (χ4n) is 2.22. The maximum Gasteiger partial charge on any atom is 0.344 e. The number of hydrogen-bond donors (Lipinski definition) is 1. The van der Waals surface area contributed by atoms with Gasteiger partial charge in [0, 0.05) is 5.56 Å². The van der Waals surface area contributed by atoms with Crippen molar-refractivity contribution in [1.82, 2.24) is 0 Å². The summed E-state index contributed by atoms with van der Waals surface area (Å²) in [4.78, 5) is 35.4. The number of ether oxygens (including phenoxy) is 3. The third kappa shape index (κ3) is 5.54. The number of amides is 1. The van der Waals surface area contributed by atoms with Gasteiger partial charge in [0.1, 0.15) is 5.82 Å². The van der Waals surface area contributed by atoms with E-state index in [0.717, 1.165) is 0 Å². The van der Waals surface area contributed by atoms with Crippen molar-refractivity contribution >= 4 is 23.3 Å². The quantitative estimate of drug-likeness (QED) is 0.551. The van der Waals surface area contributed by atoms with Crippen LogP contribution in [0.3, 0.4) is 0 Å².